The van der Waals surface area contributed by atoms with Gasteiger partial charge in [0, 0.05) is 46.6 Å². The third-order valence-corrected chi connectivity index (χ3v) is 6.88. The van der Waals surface area contributed by atoms with Crippen LogP contribution < -0.4 is 15.2 Å². The van der Waals surface area contributed by atoms with Crippen LogP contribution in [0.5, 0.6) is 0 Å². The number of rotatable bonds is 7. The number of ether oxygens (including phenoxy) is 2. The normalized spacial score (nSPS) is 16.6. The topological polar surface area (TPSA) is 88.0 Å². The van der Waals surface area contributed by atoms with Gasteiger partial charge in [0.15, 0.2) is 0 Å². The third kappa shape index (κ3) is 6.40. The summed E-state index contributed by atoms with van der Waals surface area (Å²) in [4.78, 5) is 20.4. The molecule has 35 heavy (non-hydrogen) atoms. The Kier molecular flexibility index (Phi) is 7.94. The second kappa shape index (κ2) is 11.7. The van der Waals surface area contributed by atoms with Gasteiger partial charge >= 0.3 is 0 Å². The van der Waals surface area contributed by atoms with E-state index in [1.807, 2.05) is 42.5 Å². The number of anilines is 3. The van der Waals surface area contributed by atoms with Crippen molar-refractivity contribution in [2.24, 2.45) is 5.10 Å². The molecule has 0 bridgehead atoms. The second-order valence-corrected chi connectivity index (χ2v) is 9.47. The van der Waals surface area contributed by atoms with E-state index in [9.17, 15) is 0 Å². The molecule has 0 saturated carbocycles. The summed E-state index contributed by atoms with van der Waals surface area (Å²) >= 11 is 7.68. The Hall–Kier alpha value is -2.92. The number of morpholine rings is 2. The van der Waals surface area contributed by atoms with E-state index in [4.69, 9.17) is 26.1 Å². The Morgan fingerprint density at radius 3 is 2.06 bits per heavy atom. The molecular formula is C24H26ClN7O2S. The van der Waals surface area contributed by atoms with E-state index in [0.29, 0.717) is 44.3 Å². The summed E-state index contributed by atoms with van der Waals surface area (Å²) in [5.41, 5.74) is 4.00. The minimum atomic E-state index is 0.405. The van der Waals surface area contributed by atoms with Gasteiger partial charge in [0.2, 0.25) is 17.8 Å². The van der Waals surface area contributed by atoms with Crippen molar-refractivity contribution in [2.45, 2.75) is 9.79 Å². The highest BCUT2D eigenvalue weighted by Crippen LogP contribution is 2.30. The van der Waals surface area contributed by atoms with Gasteiger partial charge in [0.25, 0.3) is 0 Å². The smallest absolute Gasteiger partial charge is 0.250 e. The molecule has 3 heterocycles. The maximum Gasteiger partial charge on any atom is 0.250 e. The third-order valence-electron chi connectivity index (χ3n) is 5.53. The number of benzene rings is 2. The minimum absolute atomic E-state index is 0.405. The van der Waals surface area contributed by atoms with Crippen LogP contribution in [0.1, 0.15) is 5.56 Å². The van der Waals surface area contributed by atoms with Gasteiger partial charge in [-0.05, 0) is 30.3 Å². The fourth-order valence-corrected chi connectivity index (χ4v) is 4.72. The molecule has 182 valence electrons. The molecule has 1 N–H and O–H groups in total. The predicted molar refractivity (Wildman–Crippen MR) is 139 cm³/mol. The lowest BCUT2D eigenvalue weighted by atomic mass is 10.2. The Balaban J connectivity index is 1.35. The van der Waals surface area contributed by atoms with Gasteiger partial charge in [0.05, 0.1) is 32.6 Å². The van der Waals surface area contributed by atoms with Crippen LogP contribution in [0.15, 0.2) is 63.4 Å². The van der Waals surface area contributed by atoms with Crippen LogP contribution in [0.4, 0.5) is 17.8 Å². The SMILES string of the molecule is Clc1ccc(Sc2ccccc2/C=N\Nc2nc(N3CCOCC3)nc(N3CCOCC3)n2)cc1. The highest BCUT2D eigenvalue weighted by molar-refractivity contribution is 7.99. The van der Waals surface area contributed by atoms with Crippen molar-refractivity contribution in [3.8, 4) is 0 Å². The van der Waals surface area contributed by atoms with E-state index < -0.39 is 0 Å². The lowest BCUT2D eigenvalue weighted by molar-refractivity contribution is 0.121. The first-order chi connectivity index (χ1) is 17.2. The molecule has 2 aliphatic heterocycles. The molecule has 0 unspecified atom stereocenters. The quantitative estimate of drug-likeness (QED) is 0.376. The molecule has 0 aliphatic carbocycles. The number of halogens is 1. The average Bonchev–Trinajstić information content (AvgIpc) is 2.92. The summed E-state index contributed by atoms with van der Waals surface area (Å²) in [5.74, 6) is 1.66. The van der Waals surface area contributed by atoms with Gasteiger partial charge in [-0.15, -0.1) is 0 Å². The van der Waals surface area contributed by atoms with Crippen molar-refractivity contribution >= 4 is 47.4 Å². The van der Waals surface area contributed by atoms with Crippen molar-refractivity contribution in [3.63, 3.8) is 0 Å². The maximum absolute atomic E-state index is 6.02. The van der Waals surface area contributed by atoms with Crippen molar-refractivity contribution < 1.29 is 9.47 Å². The van der Waals surface area contributed by atoms with Crippen LogP contribution in [0.2, 0.25) is 5.02 Å². The van der Waals surface area contributed by atoms with E-state index in [-0.39, 0.29) is 0 Å². The highest BCUT2D eigenvalue weighted by Gasteiger charge is 2.20. The molecule has 5 rings (SSSR count). The molecule has 9 nitrogen and oxygen atoms in total. The molecule has 0 radical (unpaired) electrons. The standard InChI is InChI=1S/C24H26ClN7O2S/c25-19-5-7-20(8-6-19)35-21-4-2-1-3-18(21)17-26-30-22-27-23(31-9-13-33-14-10-31)29-24(28-22)32-11-15-34-16-12-32/h1-8,17H,9-16H2,(H,27,28,29,30)/b26-17-. The van der Waals surface area contributed by atoms with Crippen LogP contribution in [0.3, 0.4) is 0 Å². The van der Waals surface area contributed by atoms with Crippen LogP contribution >= 0.6 is 23.4 Å². The van der Waals surface area contributed by atoms with Gasteiger partial charge < -0.3 is 19.3 Å². The Morgan fingerprint density at radius 1 is 0.829 bits per heavy atom. The summed E-state index contributed by atoms with van der Waals surface area (Å²) in [6, 6.07) is 15.9. The molecule has 2 saturated heterocycles. The van der Waals surface area contributed by atoms with Crippen LogP contribution in [-0.2, 0) is 9.47 Å². The summed E-state index contributed by atoms with van der Waals surface area (Å²) < 4.78 is 11.0. The van der Waals surface area contributed by atoms with E-state index >= 15 is 0 Å². The summed E-state index contributed by atoms with van der Waals surface area (Å²) in [6.45, 7) is 5.58. The first-order valence-electron chi connectivity index (χ1n) is 11.5. The van der Waals surface area contributed by atoms with Gasteiger partial charge in [0.1, 0.15) is 0 Å². The summed E-state index contributed by atoms with van der Waals surface area (Å²) in [6.07, 6.45) is 1.78. The van der Waals surface area contributed by atoms with E-state index in [0.717, 1.165) is 46.6 Å². The van der Waals surface area contributed by atoms with Crippen molar-refractivity contribution in [1.29, 1.82) is 0 Å². The van der Waals surface area contributed by atoms with Gasteiger partial charge in [-0.25, -0.2) is 5.43 Å². The number of nitrogens with zero attached hydrogens (tertiary/aromatic N) is 6. The average molecular weight is 512 g/mol. The van der Waals surface area contributed by atoms with Gasteiger partial charge in [-0.1, -0.05) is 41.6 Å². The summed E-state index contributed by atoms with van der Waals surface area (Å²) in [7, 11) is 0. The maximum atomic E-state index is 6.02. The number of aromatic nitrogens is 3. The van der Waals surface area contributed by atoms with E-state index in [2.05, 4.69) is 36.4 Å². The predicted octanol–water partition coefficient (Wildman–Crippen LogP) is 3.80. The molecular weight excluding hydrogens is 486 g/mol. The molecule has 2 aromatic carbocycles. The lowest BCUT2D eigenvalue weighted by Gasteiger charge is -2.30. The largest absolute Gasteiger partial charge is 0.378 e. The zero-order chi connectivity index (χ0) is 23.9. The molecule has 2 aliphatic rings. The zero-order valence-corrected chi connectivity index (χ0v) is 20.7. The van der Waals surface area contributed by atoms with Gasteiger partial charge in [-0.2, -0.15) is 20.1 Å². The van der Waals surface area contributed by atoms with Crippen LogP contribution in [-0.4, -0.2) is 73.8 Å². The number of hydrazone groups is 1. The number of hydrogen-bond donors (Lipinski definition) is 1. The number of nitrogens with one attached hydrogen (secondary N) is 1. The zero-order valence-electron chi connectivity index (χ0n) is 19.1. The first-order valence-corrected chi connectivity index (χ1v) is 12.7. The second-order valence-electron chi connectivity index (χ2n) is 7.92. The Bertz CT molecular complexity index is 1120. The summed E-state index contributed by atoms with van der Waals surface area (Å²) in [5, 5.41) is 5.17. The first kappa shape index (κ1) is 23.8. The molecule has 0 atom stereocenters. The van der Waals surface area contributed by atoms with Crippen LogP contribution in [0.25, 0.3) is 0 Å². The molecule has 1 aromatic heterocycles. The molecule has 0 amide bonds. The molecule has 3 aromatic rings. The monoisotopic (exact) mass is 511 g/mol. The Labute approximate surface area is 213 Å². The molecule has 11 heteroatoms. The fraction of sp³-hybridized carbons (Fsp3) is 0.333. The molecule has 2 fully saturated rings. The van der Waals surface area contributed by atoms with Crippen molar-refractivity contribution in [3.05, 3.63) is 59.1 Å². The lowest BCUT2D eigenvalue weighted by Crippen LogP contribution is -2.40. The molecule has 0 spiro atoms. The van der Waals surface area contributed by atoms with Gasteiger partial charge in [-0.3, -0.25) is 0 Å². The van der Waals surface area contributed by atoms with E-state index in [1.165, 1.54) is 0 Å². The minimum Gasteiger partial charge on any atom is -0.378 e. The Morgan fingerprint density at radius 2 is 1.43 bits per heavy atom. The highest BCUT2D eigenvalue weighted by atomic mass is 35.5. The van der Waals surface area contributed by atoms with E-state index in [1.54, 1.807) is 18.0 Å². The van der Waals surface area contributed by atoms with Crippen molar-refractivity contribution in [1.82, 2.24) is 15.0 Å². The van der Waals surface area contributed by atoms with Crippen molar-refractivity contribution in [2.75, 3.05) is 67.8 Å². The fourth-order valence-electron chi connectivity index (χ4n) is 3.68. The van der Waals surface area contributed by atoms with Crippen LogP contribution in [0, 0.1) is 0 Å². The number of hydrogen-bond acceptors (Lipinski definition) is 10.